The lowest BCUT2D eigenvalue weighted by atomic mass is 10.1. The van der Waals surface area contributed by atoms with E-state index in [9.17, 15) is 4.79 Å². The van der Waals surface area contributed by atoms with Crippen LogP contribution in [0.3, 0.4) is 0 Å². The molecular formula is C22H27N3O3. The summed E-state index contributed by atoms with van der Waals surface area (Å²) >= 11 is 0. The van der Waals surface area contributed by atoms with Crippen molar-refractivity contribution >= 4 is 17.3 Å². The number of rotatable bonds is 6. The maximum atomic E-state index is 12.4. The molecule has 0 spiro atoms. The molecule has 148 valence electrons. The number of amides is 1. The minimum atomic E-state index is -0.301. The van der Waals surface area contributed by atoms with Gasteiger partial charge < -0.3 is 14.4 Å². The fraction of sp³-hybridized carbons (Fsp3) is 0.364. The summed E-state index contributed by atoms with van der Waals surface area (Å²) < 4.78 is 10.4. The van der Waals surface area contributed by atoms with Crippen molar-refractivity contribution in [1.29, 1.82) is 0 Å². The first kappa shape index (κ1) is 19.7. The van der Waals surface area contributed by atoms with Crippen molar-refractivity contribution in [2.75, 3.05) is 32.2 Å². The van der Waals surface area contributed by atoms with Gasteiger partial charge in [-0.25, -0.2) is 5.43 Å². The van der Waals surface area contributed by atoms with Gasteiger partial charge in [0.05, 0.1) is 19.9 Å². The quantitative estimate of drug-likeness (QED) is 0.610. The molecule has 1 fully saturated rings. The summed E-state index contributed by atoms with van der Waals surface area (Å²) in [6.07, 6.45) is 3.83. The molecule has 28 heavy (non-hydrogen) atoms. The fourth-order valence-electron chi connectivity index (χ4n) is 3.31. The van der Waals surface area contributed by atoms with Crippen molar-refractivity contribution in [2.24, 2.45) is 5.10 Å². The molecule has 0 aromatic heterocycles. The summed E-state index contributed by atoms with van der Waals surface area (Å²) in [6.45, 7) is 4.12. The first-order valence-electron chi connectivity index (χ1n) is 9.54. The highest BCUT2D eigenvalue weighted by Gasteiger charge is 2.12. The van der Waals surface area contributed by atoms with Crippen LogP contribution in [0.25, 0.3) is 0 Å². The summed E-state index contributed by atoms with van der Waals surface area (Å²) in [5.41, 5.74) is 6.03. The molecule has 1 heterocycles. The van der Waals surface area contributed by atoms with E-state index in [1.54, 1.807) is 25.3 Å². The molecule has 1 saturated heterocycles. The Bertz CT molecular complexity index is 841. The SMILES string of the molecule is COc1ccc(C(=O)N/N=C(/C)c2ccc(N3CCCCC3)cc2)cc1OC. The Kier molecular flexibility index (Phi) is 6.53. The van der Waals surface area contributed by atoms with Gasteiger partial charge in [0.2, 0.25) is 0 Å². The van der Waals surface area contributed by atoms with Crippen LogP contribution in [0.5, 0.6) is 11.5 Å². The minimum absolute atomic E-state index is 0.301. The van der Waals surface area contributed by atoms with Crippen LogP contribution in [0.15, 0.2) is 47.6 Å². The lowest BCUT2D eigenvalue weighted by molar-refractivity contribution is 0.0954. The number of methoxy groups -OCH3 is 2. The van der Waals surface area contributed by atoms with Crippen molar-refractivity contribution in [3.63, 3.8) is 0 Å². The normalized spacial score (nSPS) is 14.5. The number of anilines is 1. The maximum absolute atomic E-state index is 12.4. The first-order chi connectivity index (χ1) is 13.6. The van der Waals surface area contributed by atoms with E-state index in [0.717, 1.165) is 24.4 Å². The highest BCUT2D eigenvalue weighted by atomic mass is 16.5. The molecule has 1 N–H and O–H groups in total. The van der Waals surface area contributed by atoms with Crippen LogP contribution in [-0.2, 0) is 0 Å². The number of nitrogens with one attached hydrogen (secondary N) is 1. The standard InChI is InChI=1S/C22H27N3O3/c1-16(17-7-10-19(11-8-17)25-13-5-4-6-14-25)23-24-22(26)18-9-12-20(27-2)21(15-18)28-3/h7-12,15H,4-6,13-14H2,1-3H3,(H,24,26)/b23-16-. The van der Waals surface area contributed by atoms with Crippen LogP contribution in [0, 0.1) is 0 Å². The van der Waals surface area contributed by atoms with Gasteiger partial charge >= 0.3 is 0 Å². The molecule has 2 aromatic carbocycles. The van der Waals surface area contributed by atoms with Gasteiger partial charge in [-0.2, -0.15) is 5.10 Å². The van der Waals surface area contributed by atoms with Crippen LogP contribution in [0.2, 0.25) is 0 Å². The number of piperidine rings is 1. The van der Waals surface area contributed by atoms with Gasteiger partial charge in [0, 0.05) is 24.3 Å². The monoisotopic (exact) mass is 381 g/mol. The van der Waals surface area contributed by atoms with E-state index in [4.69, 9.17) is 9.47 Å². The average molecular weight is 381 g/mol. The van der Waals surface area contributed by atoms with Gasteiger partial charge in [-0.05, 0) is 62.1 Å². The summed E-state index contributed by atoms with van der Waals surface area (Å²) in [5, 5.41) is 4.24. The second-order valence-electron chi connectivity index (χ2n) is 6.80. The van der Waals surface area contributed by atoms with E-state index in [1.807, 2.05) is 19.1 Å². The molecule has 0 unspecified atom stereocenters. The van der Waals surface area contributed by atoms with E-state index in [-0.39, 0.29) is 5.91 Å². The number of hydrogen-bond acceptors (Lipinski definition) is 5. The number of nitrogens with zero attached hydrogens (tertiary/aromatic N) is 2. The van der Waals surface area contributed by atoms with Crippen molar-refractivity contribution in [2.45, 2.75) is 26.2 Å². The number of hydrogen-bond donors (Lipinski definition) is 1. The van der Waals surface area contributed by atoms with E-state index in [2.05, 4.69) is 27.6 Å². The van der Waals surface area contributed by atoms with E-state index in [0.29, 0.717) is 17.1 Å². The fourth-order valence-corrected chi connectivity index (χ4v) is 3.31. The Balaban J connectivity index is 1.65. The van der Waals surface area contributed by atoms with Gasteiger partial charge in [-0.1, -0.05) is 12.1 Å². The summed E-state index contributed by atoms with van der Waals surface area (Å²) in [5.74, 6) is 0.780. The van der Waals surface area contributed by atoms with Crippen LogP contribution in [0.1, 0.15) is 42.1 Å². The third-order valence-corrected chi connectivity index (χ3v) is 4.98. The second-order valence-corrected chi connectivity index (χ2v) is 6.80. The Labute approximate surface area is 166 Å². The zero-order chi connectivity index (χ0) is 19.9. The predicted molar refractivity (Wildman–Crippen MR) is 112 cm³/mol. The van der Waals surface area contributed by atoms with Crippen molar-refractivity contribution in [3.05, 3.63) is 53.6 Å². The predicted octanol–water partition coefficient (Wildman–Crippen LogP) is 3.85. The number of ether oxygens (including phenoxy) is 2. The number of carbonyl (C=O) groups is 1. The molecule has 0 radical (unpaired) electrons. The van der Waals surface area contributed by atoms with Gasteiger partial charge in [-0.3, -0.25) is 4.79 Å². The molecular weight excluding hydrogens is 354 g/mol. The Morgan fingerprint density at radius 2 is 1.57 bits per heavy atom. The number of hydrazone groups is 1. The van der Waals surface area contributed by atoms with E-state index in [1.165, 1.54) is 32.1 Å². The molecule has 0 aliphatic carbocycles. The third kappa shape index (κ3) is 4.63. The molecule has 0 bridgehead atoms. The van der Waals surface area contributed by atoms with Crippen LogP contribution < -0.4 is 19.8 Å². The third-order valence-electron chi connectivity index (χ3n) is 4.98. The smallest absolute Gasteiger partial charge is 0.271 e. The Hall–Kier alpha value is -3.02. The highest BCUT2D eigenvalue weighted by molar-refractivity contribution is 6.01. The molecule has 1 aliphatic rings. The lowest BCUT2D eigenvalue weighted by Crippen LogP contribution is -2.29. The molecule has 0 atom stereocenters. The van der Waals surface area contributed by atoms with Gasteiger partial charge in [0.1, 0.15) is 0 Å². The molecule has 1 amide bonds. The molecule has 3 rings (SSSR count). The number of carbonyl (C=O) groups excluding carboxylic acids is 1. The largest absolute Gasteiger partial charge is 0.493 e. The Morgan fingerprint density at radius 1 is 0.929 bits per heavy atom. The van der Waals surface area contributed by atoms with E-state index >= 15 is 0 Å². The topological polar surface area (TPSA) is 63.2 Å². The van der Waals surface area contributed by atoms with Gasteiger partial charge in [-0.15, -0.1) is 0 Å². The molecule has 2 aromatic rings. The summed E-state index contributed by atoms with van der Waals surface area (Å²) in [6, 6.07) is 13.3. The van der Waals surface area contributed by atoms with Crippen LogP contribution >= 0.6 is 0 Å². The zero-order valence-corrected chi connectivity index (χ0v) is 16.7. The van der Waals surface area contributed by atoms with E-state index < -0.39 is 0 Å². The van der Waals surface area contributed by atoms with Gasteiger partial charge in [0.25, 0.3) is 5.91 Å². The highest BCUT2D eigenvalue weighted by Crippen LogP contribution is 2.27. The summed E-state index contributed by atoms with van der Waals surface area (Å²) in [4.78, 5) is 14.8. The second kappa shape index (κ2) is 9.26. The zero-order valence-electron chi connectivity index (χ0n) is 16.7. The average Bonchev–Trinajstić information content (AvgIpc) is 2.77. The molecule has 0 saturated carbocycles. The first-order valence-corrected chi connectivity index (χ1v) is 9.54. The van der Waals surface area contributed by atoms with Crippen molar-refractivity contribution in [1.82, 2.24) is 5.43 Å². The molecule has 1 aliphatic heterocycles. The van der Waals surface area contributed by atoms with Crippen molar-refractivity contribution in [3.8, 4) is 11.5 Å². The molecule has 6 heteroatoms. The maximum Gasteiger partial charge on any atom is 0.271 e. The van der Waals surface area contributed by atoms with Crippen molar-refractivity contribution < 1.29 is 14.3 Å². The van der Waals surface area contributed by atoms with Crippen LogP contribution in [-0.4, -0.2) is 38.9 Å². The Morgan fingerprint density at radius 3 is 2.21 bits per heavy atom. The minimum Gasteiger partial charge on any atom is -0.493 e. The number of benzene rings is 2. The van der Waals surface area contributed by atoms with Crippen LogP contribution in [0.4, 0.5) is 5.69 Å². The molecule has 6 nitrogen and oxygen atoms in total. The summed E-state index contributed by atoms with van der Waals surface area (Å²) in [7, 11) is 3.09. The lowest BCUT2D eigenvalue weighted by Gasteiger charge is -2.28. The van der Waals surface area contributed by atoms with Gasteiger partial charge in [0.15, 0.2) is 11.5 Å².